The Labute approximate surface area is 85.0 Å². The summed E-state index contributed by atoms with van der Waals surface area (Å²) in [6.07, 6.45) is 3.14. The molecule has 1 saturated heterocycles. The maximum Gasteiger partial charge on any atom is 0.306 e. The Morgan fingerprint density at radius 3 is 2.57 bits per heavy atom. The van der Waals surface area contributed by atoms with Crippen molar-refractivity contribution in [3.05, 3.63) is 0 Å². The molecule has 1 unspecified atom stereocenters. The third-order valence-electron chi connectivity index (χ3n) is 5.29. The number of hydrogen-bond donors (Lipinski definition) is 0. The summed E-state index contributed by atoms with van der Waals surface area (Å²) in [7, 11) is 0. The molecule has 0 amide bonds. The van der Waals surface area contributed by atoms with Crippen molar-refractivity contribution >= 4 is 5.97 Å². The number of rotatable bonds is 0. The summed E-state index contributed by atoms with van der Waals surface area (Å²) in [5.74, 6) is 1.97. The highest BCUT2D eigenvalue weighted by atomic mass is 16.6. The van der Waals surface area contributed by atoms with Crippen molar-refractivity contribution in [2.24, 2.45) is 23.2 Å². The Hall–Kier alpha value is -0.530. The topological polar surface area (TPSA) is 26.3 Å². The zero-order chi connectivity index (χ0) is 10.1. The first-order valence-corrected chi connectivity index (χ1v) is 5.66. The Bertz CT molecular complexity index is 307. The second-order valence-corrected chi connectivity index (χ2v) is 6.10. The summed E-state index contributed by atoms with van der Waals surface area (Å²) < 4.78 is 5.60. The lowest BCUT2D eigenvalue weighted by Gasteiger charge is -2.64. The molecule has 3 saturated carbocycles. The van der Waals surface area contributed by atoms with E-state index in [4.69, 9.17) is 4.74 Å². The van der Waals surface area contributed by atoms with Crippen LogP contribution in [0.2, 0.25) is 0 Å². The molecule has 4 aliphatic rings. The number of hydrogen-bond acceptors (Lipinski definition) is 2. The Kier molecular flexibility index (Phi) is 1.36. The number of carbonyl (C=O) groups is 1. The van der Waals surface area contributed by atoms with Crippen LogP contribution >= 0.6 is 0 Å². The van der Waals surface area contributed by atoms with Crippen LogP contribution in [0.15, 0.2) is 0 Å². The molecule has 1 aliphatic heterocycles. The van der Waals surface area contributed by atoms with Gasteiger partial charge in [0.2, 0.25) is 0 Å². The van der Waals surface area contributed by atoms with Crippen molar-refractivity contribution in [3.63, 3.8) is 0 Å². The first-order valence-electron chi connectivity index (χ1n) is 5.66. The molecule has 4 fully saturated rings. The van der Waals surface area contributed by atoms with Crippen molar-refractivity contribution in [1.29, 1.82) is 0 Å². The van der Waals surface area contributed by atoms with E-state index < -0.39 is 0 Å². The van der Waals surface area contributed by atoms with Crippen LogP contribution in [0.1, 0.15) is 40.0 Å². The summed E-state index contributed by atoms with van der Waals surface area (Å²) in [5.41, 5.74) is 0.269. The minimum atomic E-state index is -0.130. The minimum Gasteiger partial charge on any atom is -0.459 e. The molecule has 14 heavy (non-hydrogen) atoms. The van der Waals surface area contributed by atoms with E-state index >= 15 is 0 Å². The quantitative estimate of drug-likeness (QED) is 0.553. The van der Waals surface area contributed by atoms with Gasteiger partial charge < -0.3 is 4.74 Å². The van der Waals surface area contributed by atoms with Gasteiger partial charge in [0.15, 0.2) is 0 Å². The molecule has 2 heteroatoms. The van der Waals surface area contributed by atoms with Crippen LogP contribution in [0.5, 0.6) is 0 Å². The van der Waals surface area contributed by atoms with Crippen molar-refractivity contribution in [2.45, 2.75) is 45.6 Å². The molecule has 0 aromatic carbocycles. The van der Waals surface area contributed by atoms with Gasteiger partial charge in [-0.3, -0.25) is 4.79 Å². The SMILES string of the molecule is CC1(C)C2C[C@H]3CC(=O)O[C@@]3(C)[C@H]1C2. The van der Waals surface area contributed by atoms with Gasteiger partial charge in [0.05, 0.1) is 6.42 Å². The van der Waals surface area contributed by atoms with E-state index in [0.717, 1.165) is 5.92 Å². The van der Waals surface area contributed by atoms with E-state index in [1.807, 2.05) is 0 Å². The van der Waals surface area contributed by atoms with Gasteiger partial charge in [-0.05, 0) is 31.1 Å². The largest absolute Gasteiger partial charge is 0.459 e. The highest BCUT2D eigenvalue weighted by molar-refractivity contribution is 5.73. The third-order valence-corrected chi connectivity index (χ3v) is 5.29. The number of esters is 1. The molecule has 3 aliphatic carbocycles. The highest BCUT2D eigenvalue weighted by Gasteiger charge is 2.67. The second-order valence-electron chi connectivity index (χ2n) is 6.10. The van der Waals surface area contributed by atoms with E-state index in [1.54, 1.807) is 0 Å². The fourth-order valence-electron chi connectivity index (χ4n) is 4.18. The normalized spacial score (nSPS) is 53.4. The highest BCUT2D eigenvalue weighted by Crippen LogP contribution is 2.67. The first kappa shape index (κ1) is 8.75. The van der Waals surface area contributed by atoms with Crippen LogP contribution in [0.25, 0.3) is 0 Å². The molecule has 2 bridgehead atoms. The van der Waals surface area contributed by atoms with Gasteiger partial charge in [-0.15, -0.1) is 0 Å². The van der Waals surface area contributed by atoms with Crippen molar-refractivity contribution in [3.8, 4) is 0 Å². The lowest BCUT2D eigenvalue weighted by atomic mass is 9.42. The zero-order valence-corrected chi connectivity index (χ0v) is 9.17. The van der Waals surface area contributed by atoms with E-state index in [1.165, 1.54) is 12.8 Å². The van der Waals surface area contributed by atoms with Crippen molar-refractivity contribution in [1.82, 2.24) is 0 Å². The Morgan fingerprint density at radius 1 is 1.21 bits per heavy atom. The number of carbonyl (C=O) groups excluding carboxylic acids is 1. The second kappa shape index (κ2) is 2.17. The molecular formula is C12H18O2. The minimum absolute atomic E-state index is 0.0286. The summed E-state index contributed by atoms with van der Waals surface area (Å²) in [5, 5.41) is 0. The molecule has 78 valence electrons. The average molecular weight is 194 g/mol. The predicted molar refractivity (Wildman–Crippen MR) is 52.6 cm³/mol. The van der Waals surface area contributed by atoms with Gasteiger partial charge in [0, 0.05) is 11.8 Å². The molecule has 0 radical (unpaired) electrons. The van der Waals surface area contributed by atoms with Crippen LogP contribution in [0.4, 0.5) is 0 Å². The molecule has 0 spiro atoms. The van der Waals surface area contributed by atoms with Gasteiger partial charge in [0.25, 0.3) is 0 Å². The van der Waals surface area contributed by atoms with Gasteiger partial charge in [-0.1, -0.05) is 13.8 Å². The van der Waals surface area contributed by atoms with E-state index in [9.17, 15) is 4.79 Å². The lowest BCUT2D eigenvalue weighted by Crippen LogP contribution is -2.63. The van der Waals surface area contributed by atoms with E-state index in [2.05, 4.69) is 20.8 Å². The summed E-state index contributed by atoms with van der Waals surface area (Å²) in [6.45, 7) is 6.82. The summed E-state index contributed by atoms with van der Waals surface area (Å²) in [6, 6.07) is 0. The molecule has 1 heterocycles. The van der Waals surface area contributed by atoms with Crippen LogP contribution < -0.4 is 0 Å². The average Bonchev–Trinajstić information content (AvgIpc) is 2.37. The molecule has 0 N–H and O–H groups in total. The zero-order valence-electron chi connectivity index (χ0n) is 9.17. The smallest absolute Gasteiger partial charge is 0.306 e. The van der Waals surface area contributed by atoms with Gasteiger partial charge in [-0.25, -0.2) is 0 Å². The van der Waals surface area contributed by atoms with E-state index in [0.29, 0.717) is 23.7 Å². The summed E-state index contributed by atoms with van der Waals surface area (Å²) in [4.78, 5) is 11.4. The van der Waals surface area contributed by atoms with Crippen molar-refractivity contribution in [2.75, 3.05) is 0 Å². The fraction of sp³-hybridized carbons (Fsp3) is 0.917. The standard InChI is InChI=1S/C12H18O2/c1-11(2)7-4-8-6-10(13)14-12(8,3)9(11)5-7/h7-9H,4-6H2,1-3H3/t7?,8-,9-,12+/m0/s1. The summed E-state index contributed by atoms with van der Waals surface area (Å²) >= 11 is 0. The van der Waals surface area contributed by atoms with Crippen molar-refractivity contribution < 1.29 is 9.53 Å². The van der Waals surface area contributed by atoms with Gasteiger partial charge in [0.1, 0.15) is 5.60 Å². The molecule has 0 aromatic rings. The van der Waals surface area contributed by atoms with Gasteiger partial charge >= 0.3 is 5.97 Å². The third kappa shape index (κ3) is 0.768. The molecule has 4 atom stereocenters. The van der Waals surface area contributed by atoms with Crippen LogP contribution in [0, 0.1) is 23.2 Å². The molecule has 2 nitrogen and oxygen atoms in total. The van der Waals surface area contributed by atoms with Crippen LogP contribution in [-0.2, 0) is 9.53 Å². The predicted octanol–water partition coefficient (Wildman–Crippen LogP) is 2.37. The maximum absolute atomic E-state index is 11.4. The molecular weight excluding hydrogens is 176 g/mol. The van der Waals surface area contributed by atoms with Crippen LogP contribution in [0.3, 0.4) is 0 Å². The number of ether oxygens (including phenoxy) is 1. The van der Waals surface area contributed by atoms with Gasteiger partial charge in [-0.2, -0.15) is 0 Å². The van der Waals surface area contributed by atoms with Crippen LogP contribution in [-0.4, -0.2) is 11.6 Å². The Morgan fingerprint density at radius 2 is 1.93 bits per heavy atom. The maximum atomic E-state index is 11.4. The lowest BCUT2D eigenvalue weighted by molar-refractivity contribution is -0.214. The first-order chi connectivity index (χ1) is 6.44. The molecule has 0 aromatic heterocycles. The van der Waals surface area contributed by atoms with E-state index in [-0.39, 0.29) is 11.6 Å². The fourth-order valence-corrected chi connectivity index (χ4v) is 4.18. The molecule has 4 rings (SSSR count). The monoisotopic (exact) mass is 194 g/mol. The Balaban J connectivity index is 1.98.